The molecule has 21 heavy (non-hydrogen) atoms. The maximum atomic E-state index is 12.5. The summed E-state index contributed by atoms with van der Waals surface area (Å²) in [5.41, 5.74) is 4.95. The fourth-order valence-corrected chi connectivity index (χ4v) is 2.91. The van der Waals surface area contributed by atoms with Crippen LogP contribution in [0.15, 0.2) is 17.5 Å². The SMILES string of the molecule is N/C(=N/O)C1(C(=O)NCCCc2ncc[nH]2)CCCCC1. The van der Waals surface area contributed by atoms with E-state index >= 15 is 0 Å². The number of oxime groups is 1. The van der Waals surface area contributed by atoms with E-state index in [-0.39, 0.29) is 11.7 Å². The van der Waals surface area contributed by atoms with E-state index in [0.29, 0.717) is 19.4 Å². The van der Waals surface area contributed by atoms with Crippen molar-refractivity contribution < 1.29 is 10.0 Å². The second-order valence-corrected chi connectivity index (χ2v) is 5.52. The van der Waals surface area contributed by atoms with Crippen molar-refractivity contribution in [1.29, 1.82) is 0 Å². The summed E-state index contributed by atoms with van der Waals surface area (Å²) < 4.78 is 0. The van der Waals surface area contributed by atoms with Gasteiger partial charge in [-0.25, -0.2) is 4.98 Å². The van der Waals surface area contributed by atoms with Crippen molar-refractivity contribution in [2.45, 2.75) is 44.9 Å². The minimum Gasteiger partial charge on any atom is -0.409 e. The molecule has 2 rings (SSSR count). The molecule has 0 aromatic carbocycles. The lowest BCUT2D eigenvalue weighted by molar-refractivity contribution is -0.129. The highest BCUT2D eigenvalue weighted by Gasteiger charge is 2.43. The molecule has 1 fully saturated rings. The maximum absolute atomic E-state index is 12.5. The van der Waals surface area contributed by atoms with Gasteiger partial charge in [0.15, 0.2) is 5.84 Å². The van der Waals surface area contributed by atoms with Crippen LogP contribution in [0.2, 0.25) is 0 Å². The Balaban J connectivity index is 1.87. The van der Waals surface area contributed by atoms with Crippen LogP contribution in [0.1, 0.15) is 44.3 Å². The van der Waals surface area contributed by atoms with Gasteiger partial charge in [-0.05, 0) is 19.3 Å². The van der Waals surface area contributed by atoms with E-state index in [1.54, 1.807) is 12.4 Å². The highest BCUT2D eigenvalue weighted by Crippen LogP contribution is 2.36. The standard InChI is InChI=1S/C14H23N5O2/c15-12(19-21)14(6-2-1-3-7-14)13(20)18-8-4-5-11-16-9-10-17-11/h9-10,21H,1-8H2,(H2,15,19)(H,16,17)(H,18,20). The van der Waals surface area contributed by atoms with E-state index < -0.39 is 5.41 Å². The molecule has 1 aromatic heterocycles. The summed E-state index contributed by atoms with van der Waals surface area (Å²) >= 11 is 0. The first-order valence-electron chi connectivity index (χ1n) is 7.43. The van der Waals surface area contributed by atoms with E-state index in [1.165, 1.54) is 0 Å². The predicted molar refractivity (Wildman–Crippen MR) is 78.8 cm³/mol. The molecule has 1 amide bonds. The van der Waals surface area contributed by atoms with E-state index in [1.807, 2.05) is 0 Å². The molecule has 5 N–H and O–H groups in total. The fraction of sp³-hybridized carbons (Fsp3) is 0.643. The summed E-state index contributed by atoms with van der Waals surface area (Å²) in [5, 5.41) is 15.0. The van der Waals surface area contributed by atoms with Gasteiger partial charge in [-0.3, -0.25) is 4.79 Å². The zero-order chi connectivity index (χ0) is 15.1. The molecule has 0 unspecified atom stereocenters. The Bertz CT molecular complexity index is 478. The molecule has 0 saturated heterocycles. The van der Waals surface area contributed by atoms with Crippen LogP contribution in [0.5, 0.6) is 0 Å². The number of amidine groups is 1. The second-order valence-electron chi connectivity index (χ2n) is 5.52. The molecule has 7 heteroatoms. The molecule has 0 spiro atoms. The molecule has 0 radical (unpaired) electrons. The highest BCUT2D eigenvalue weighted by atomic mass is 16.4. The Morgan fingerprint density at radius 3 is 2.86 bits per heavy atom. The number of carbonyl (C=O) groups is 1. The lowest BCUT2D eigenvalue weighted by Gasteiger charge is -2.34. The summed E-state index contributed by atoms with van der Waals surface area (Å²) in [5.74, 6) is 0.816. The Labute approximate surface area is 124 Å². The Kier molecular flexibility index (Phi) is 5.19. The minimum absolute atomic E-state index is 0.0331. The van der Waals surface area contributed by atoms with Crippen LogP contribution in [0, 0.1) is 5.41 Å². The first kappa shape index (κ1) is 15.3. The summed E-state index contributed by atoms with van der Waals surface area (Å²) in [7, 11) is 0. The van der Waals surface area contributed by atoms with E-state index in [4.69, 9.17) is 10.9 Å². The van der Waals surface area contributed by atoms with Crippen LogP contribution in [0.3, 0.4) is 0 Å². The molecule has 1 saturated carbocycles. The van der Waals surface area contributed by atoms with Crippen LogP contribution in [-0.2, 0) is 11.2 Å². The Morgan fingerprint density at radius 2 is 2.24 bits per heavy atom. The third kappa shape index (κ3) is 3.53. The van der Waals surface area contributed by atoms with Gasteiger partial charge >= 0.3 is 0 Å². The number of hydrogen-bond donors (Lipinski definition) is 4. The van der Waals surface area contributed by atoms with Crippen molar-refractivity contribution in [3.05, 3.63) is 18.2 Å². The summed E-state index contributed by atoms with van der Waals surface area (Å²) in [6.45, 7) is 0.556. The summed E-state index contributed by atoms with van der Waals surface area (Å²) in [6.07, 6.45) is 9.31. The number of nitrogens with one attached hydrogen (secondary N) is 2. The second kappa shape index (κ2) is 7.10. The van der Waals surface area contributed by atoms with E-state index in [2.05, 4.69) is 20.4 Å². The van der Waals surface area contributed by atoms with Gasteiger partial charge in [-0.1, -0.05) is 24.4 Å². The smallest absolute Gasteiger partial charge is 0.233 e. The van der Waals surface area contributed by atoms with Crippen LogP contribution in [0.4, 0.5) is 0 Å². The fourth-order valence-electron chi connectivity index (χ4n) is 2.91. The van der Waals surface area contributed by atoms with Crippen molar-refractivity contribution >= 4 is 11.7 Å². The monoisotopic (exact) mass is 293 g/mol. The number of rotatable bonds is 6. The molecular formula is C14H23N5O2. The van der Waals surface area contributed by atoms with Gasteiger partial charge in [0.1, 0.15) is 11.2 Å². The lowest BCUT2D eigenvalue weighted by Crippen LogP contribution is -2.51. The topological polar surface area (TPSA) is 116 Å². The molecular weight excluding hydrogens is 270 g/mol. The van der Waals surface area contributed by atoms with Crippen molar-refractivity contribution in [3.63, 3.8) is 0 Å². The number of H-pyrrole nitrogens is 1. The van der Waals surface area contributed by atoms with Gasteiger partial charge in [0.25, 0.3) is 0 Å². The average molecular weight is 293 g/mol. The first-order valence-corrected chi connectivity index (χ1v) is 7.43. The maximum Gasteiger partial charge on any atom is 0.233 e. The van der Waals surface area contributed by atoms with Crippen LogP contribution in [-0.4, -0.2) is 33.5 Å². The van der Waals surface area contributed by atoms with Crippen molar-refractivity contribution in [3.8, 4) is 0 Å². The van der Waals surface area contributed by atoms with Gasteiger partial charge in [-0.2, -0.15) is 0 Å². The number of carbonyl (C=O) groups excluding carboxylic acids is 1. The van der Waals surface area contributed by atoms with Crippen LogP contribution >= 0.6 is 0 Å². The number of hydrogen-bond acceptors (Lipinski definition) is 4. The highest BCUT2D eigenvalue weighted by molar-refractivity contribution is 6.06. The number of nitrogens with two attached hydrogens (primary N) is 1. The number of amides is 1. The zero-order valence-corrected chi connectivity index (χ0v) is 12.1. The Hall–Kier alpha value is -2.05. The van der Waals surface area contributed by atoms with Crippen LogP contribution in [0.25, 0.3) is 0 Å². The number of imidazole rings is 1. The number of aromatic nitrogens is 2. The third-order valence-corrected chi connectivity index (χ3v) is 4.17. The molecule has 116 valence electrons. The summed E-state index contributed by atoms with van der Waals surface area (Å²) in [6, 6.07) is 0. The number of aromatic amines is 1. The molecule has 0 atom stereocenters. The van der Waals surface area contributed by atoms with Crippen molar-refractivity contribution in [2.24, 2.45) is 16.3 Å². The molecule has 7 nitrogen and oxygen atoms in total. The summed E-state index contributed by atoms with van der Waals surface area (Å²) in [4.78, 5) is 19.6. The lowest BCUT2D eigenvalue weighted by atomic mass is 9.72. The van der Waals surface area contributed by atoms with E-state index in [9.17, 15) is 4.79 Å². The molecule has 0 aliphatic heterocycles. The third-order valence-electron chi connectivity index (χ3n) is 4.17. The molecule has 1 aliphatic carbocycles. The largest absolute Gasteiger partial charge is 0.409 e. The van der Waals surface area contributed by atoms with Gasteiger partial charge in [0, 0.05) is 25.4 Å². The van der Waals surface area contributed by atoms with Crippen molar-refractivity contribution in [2.75, 3.05) is 6.54 Å². The first-order chi connectivity index (χ1) is 10.2. The van der Waals surface area contributed by atoms with Gasteiger partial charge in [-0.15, -0.1) is 0 Å². The van der Waals surface area contributed by atoms with Crippen LogP contribution < -0.4 is 11.1 Å². The molecule has 1 aliphatic rings. The van der Waals surface area contributed by atoms with Gasteiger partial charge < -0.3 is 21.2 Å². The van der Waals surface area contributed by atoms with E-state index in [0.717, 1.165) is 37.9 Å². The number of aryl methyl sites for hydroxylation is 1. The normalized spacial score (nSPS) is 18.4. The number of nitrogens with zero attached hydrogens (tertiary/aromatic N) is 2. The van der Waals surface area contributed by atoms with Crippen molar-refractivity contribution in [1.82, 2.24) is 15.3 Å². The Morgan fingerprint density at radius 1 is 1.48 bits per heavy atom. The average Bonchev–Trinajstić information content (AvgIpc) is 3.04. The molecule has 0 bridgehead atoms. The molecule has 1 aromatic rings. The molecule has 1 heterocycles. The predicted octanol–water partition coefficient (Wildman–Crippen LogP) is 1.16. The van der Waals surface area contributed by atoms with Gasteiger partial charge in [0.05, 0.1) is 0 Å². The minimum atomic E-state index is -0.836. The van der Waals surface area contributed by atoms with Gasteiger partial charge in [0.2, 0.25) is 5.91 Å². The zero-order valence-electron chi connectivity index (χ0n) is 12.1. The quantitative estimate of drug-likeness (QED) is 0.207.